The maximum Gasteiger partial charge on any atom is 0.321 e. The molecule has 1 saturated heterocycles. The van der Waals surface area contributed by atoms with Gasteiger partial charge in [-0.05, 0) is 12.8 Å². The van der Waals surface area contributed by atoms with Crippen LogP contribution in [-0.2, 0) is 26.1 Å². The minimum absolute atomic E-state index is 0.211. The highest BCUT2D eigenvalue weighted by molar-refractivity contribution is 7.12. The zero-order valence-corrected chi connectivity index (χ0v) is 12.1. The van der Waals surface area contributed by atoms with Crippen molar-refractivity contribution in [3.63, 3.8) is 0 Å². The van der Waals surface area contributed by atoms with E-state index in [-0.39, 0.29) is 5.97 Å². The Morgan fingerprint density at radius 1 is 1.56 bits per heavy atom. The lowest BCUT2D eigenvalue weighted by Crippen LogP contribution is -2.53. The molecule has 2 heterocycles. The van der Waals surface area contributed by atoms with Gasteiger partial charge >= 0.3 is 5.97 Å². The van der Waals surface area contributed by atoms with Crippen LogP contribution in [0.25, 0.3) is 0 Å². The molecule has 1 fully saturated rings. The van der Waals surface area contributed by atoms with Gasteiger partial charge in [0.2, 0.25) is 0 Å². The maximum absolute atomic E-state index is 12.0. The van der Waals surface area contributed by atoms with Gasteiger partial charge in [-0.3, -0.25) is 4.79 Å². The van der Waals surface area contributed by atoms with Gasteiger partial charge in [-0.2, -0.15) is 0 Å². The van der Waals surface area contributed by atoms with Crippen LogP contribution in [0.3, 0.4) is 0 Å². The summed E-state index contributed by atoms with van der Waals surface area (Å²) in [5, 5.41) is 1.09. The van der Waals surface area contributed by atoms with Crippen LogP contribution in [0.15, 0.2) is 0 Å². The molecule has 0 amide bonds. The molecule has 0 spiro atoms. The minimum Gasteiger partial charge on any atom is -0.468 e. The molecule has 18 heavy (non-hydrogen) atoms. The second kappa shape index (κ2) is 4.97. The van der Waals surface area contributed by atoms with Gasteiger partial charge in [0.25, 0.3) is 0 Å². The molecule has 0 N–H and O–H groups in total. The lowest BCUT2D eigenvalue weighted by molar-refractivity contribution is -0.166. The van der Waals surface area contributed by atoms with E-state index in [0.717, 1.165) is 22.0 Å². The summed E-state index contributed by atoms with van der Waals surface area (Å²) >= 11 is 1.62. The van der Waals surface area contributed by atoms with Crippen molar-refractivity contribution in [3.05, 3.63) is 15.6 Å². The smallest absolute Gasteiger partial charge is 0.321 e. The van der Waals surface area contributed by atoms with Gasteiger partial charge in [-0.15, -0.1) is 11.3 Å². The van der Waals surface area contributed by atoms with Gasteiger partial charge in [-0.25, -0.2) is 4.98 Å². The lowest BCUT2D eigenvalue weighted by Gasteiger charge is -2.37. The standard InChI is InChI=1S/C13H19NO3S/c1-8(2)5-10-14-9(3)11(18-10)13(6-17-7-13)12(15)16-4/h8H,5-7H2,1-4H3. The monoisotopic (exact) mass is 269 g/mol. The van der Waals surface area contributed by atoms with Crippen LogP contribution in [0.5, 0.6) is 0 Å². The molecule has 100 valence electrons. The normalized spacial score (nSPS) is 17.6. The molecule has 0 unspecified atom stereocenters. The van der Waals surface area contributed by atoms with Crippen molar-refractivity contribution in [1.29, 1.82) is 0 Å². The summed E-state index contributed by atoms with van der Waals surface area (Å²) in [5.74, 6) is 0.353. The Morgan fingerprint density at radius 3 is 2.67 bits per heavy atom. The van der Waals surface area contributed by atoms with Gasteiger partial charge in [0.05, 0.1) is 31.0 Å². The maximum atomic E-state index is 12.0. The first-order chi connectivity index (χ1) is 8.49. The molecule has 5 heteroatoms. The third-order valence-electron chi connectivity index (χ3n) is 3.13. The van der Waals surface area contributed by atoms with Crippen molar-refractivity contribution in [3.8, 4) is 0 Å². The molecule has 0 atom stereocenters. The van der Waals surface area contributed by atoms with Crippen molar-refractivity contribution in [2.45, 2.75) is 32.6 Å². The summed E-state index contributed by atoms with van der Waals surface area (Å²) in [6.07, 6.45) is 0.948. The van der Waals surface area contributed by atoms with E-state index < -0.39 is 5.41 Å². The molecule has 1 aliphatic rings. The number of rotatable bonds is 4. The Kier molecular flexibility index (Phi) is 3.73. The number of hydrogen-bond donors (Lipinski definition) is 0. The van der Waals surface area contributed by atoms with Crippen molar-refractivity contribution < 1.29 is 14.3 Å². The molecule has 1 aliphatic heterocycles. The van der Waals surface area contributed by atoms with E-state index in [4.69, 9.17) is 9.47 Å². The number of hydrogen-bond acceptors (Lipinski definition) is 5. The first kappa shape index (κ1) is 13.5. The van der Waals surface area contributed by atoms with E-state index >= 15 is 0 Å². The fourth-order valence-corrected chi connectivity index (χ4v) is 3.60. The molecule has 0 bridgehead atoms. The van der Waals surface area contributed by atoms with Crippen LogP contribution in [-0.4, -0.2) is 31.3 Å². The Balaban J connectivity index is 2.32. The molecule has 1 aromatic heterocycles. The summed E-state index contributed by atoms with van der Waals surface area (Å²) in [5.41, 5.74) is 0.329. The average Bonchev–Trinajstić information content (AvgIpc) is 2.57. The number of ether oxygens (including phenoxy) is 2. The number of carbonyl (C=O) groups excluding carboxylic acids is 1. The Labute approximate surface area is 111 Å². The summed E-state index contributed by atoms with van der Waals surface area (Å²) in [4.78, 5) is 17.6. The first-order valence-corrected chi connectivity index (χ1v) is 6.94. The zero-order chi connectivity index (χ0) is 13.3. The molecular formula is C13H19NO3S. The van der Waals surface area contributed by atoms with Crippen molar-refractivity contribution in [1.82, 2.24) is 4.98 Å². The van der Waals surface area contributed by atoms with Gasteiger partial charge < -0.3 is 9.47 Å². The summed E-state index contributed by atoms with van der Waals surface area (Å²) in [6, 6.07) is 0. The molecule has 0 aliphatic carbocycles. The van der Waals surface area contributed by atoms with Gasteiger partial charge in [0.15, 0.2) is 5.41 Å². The number of aryl methyl sites for hydroxylation is 1. The van der Waals surface area contributed by atoms with Crippen molar-refractivity contribution >= 4 is 17.3 Å². The van der Waals surface area contributed by atoms with Crippen LogP contribution in [0.1, 0.15) is 29.4 Å². The first-order valence-electron chi connectivity index (χ1n) is 6.12. The van der Waals surface area contributed by atoms with Crippen LogP contribution in [0, 0.1) is 12.8 Å². The second-order valence-electron chi connectivity index (χ2n) is 5.19. The van der Waals surface area contributed by atoms with E-state index in [9.17, 15) is 4.79 Å². The molecule has 0 aromatic carbocycles. The highest BCUT2D eigenvalue weighted by Crippen LogP contribution is 2.39. The Bertz CT molecular complexity index is 449. The van der Waals surface area contributed by atoms with Crippen LogP contribution >= 0.6 is 11.3 Å². The van der Waals surface area contributed by atoms with Gasteiger partial charge in [0, 0.05) is 11.3 Å². The predicted octanol–water partition coefficient (Wildman–Crippen LogP) is 2.09. The second-order valence-corrected chi connectivity index (χ2v) is 6.27. The molecule has 0 saturated carbocycles. The third-order valence-corrected chi connectivity index (χ3v) is 4.52. The molecule has 0 radical (unpaired) electrons. The highest BCUT2D eigenvalue weighted by Gasteiger charge is 2.51. The van der Waals surface area contributed by atoms with E-state index in [1.165, 1.54) is 7.11 Å². The molecular weight excluding hydrogens is 250 g/mol. The van der Waals surface area contributed by atoms with Crippen molar-refractivity contribution in [2.75, 3.05) is 20.3 Å². The predicted molar refractivity (Wildman–Crippen MR) is 69.9 cm³/mol. The van der Waals surface area contributed by atoms with E-state index in [2.05, 4.69) is 18.8 Å². The molecule has 2 rings (SSSR count). The number of methoxy groups -OCH3 is 1. The summed E-state index contributed by atoms with van der Waals surface area (Å²) in [7, 11) is 1.42. The van der Waals surface area contributed by atoms with E-state index in [1.54, 1.807) is 11.3 Å². The van der Waals surface area contributed by atoms with Crippen LogP contribution in [0.2, 0.25) is 0 Å². The number of nitrogens with zero attached hydrogens (tertiary/aromatic N) is 1. The van der Waals surface area contributed by atoms with Gasteiger partial charge in [-0.1, -0.05) is 13.8 Å². The van der Waals surface area contributed by atoms with Gasteiger partial charge in [0.1, 0.15) is 0 Å². The number of aromatic nitrogens is 1. The topological polar surface area (TPSA) is 48.4 Å². The van der Waals surface area contributed by atoms with Crippen molar-refractivity contribution in [2.24, 2.45) is 5.92 Å². The van der Waals surface area contributed by atoms with Crippen LogP contribution in [0.4, 0.5) is 0 Å². The lowest BCUT2D eigenvalue weighted by atomic mass is 9.83. The minimum atomic E-state index is -0.605. The number of esters is 1. The molecule has 4 nitrogen and oxygen atoms in total. The Hall–Kier alpha value is -0.940. The summed E-state index contributed by atoms with van der Waals surface area (Å²) in [6.45, 7) is 7.10. The molecule has 1 aromatic rings. The third kappa shape index (κ3) is 2.17. The fourth-order valence-electron chi connectivity index (χ4n) is 2.18. The van der Waals surface area contributed by atoms with E-state index in [1.807, 2.05) is 6.92 Å². The highest BCUT2D eigenvalue weighted by atomic mass is 32.1. The number of thiazole rings is 1. The summed E-state index contributed by atoms with van der Waals surface area (Å²) < 4.78 is 10.2. The zero-order valence-electron chi connectivity index (χ0n) is 11.3. The van der Waals surface area contributed by atoms with E-state index in [0.29, 0.717) is 19.1 Å². The Morgan fingerprint density at radius 2 is 2.22 bits per heavy atom. The largest absolute Gasteiger partial charge is 0.468 e. The fraction of sp³-hybridized carbons (Fsp3) is 0.692. The number of carbonyl (C=O) groups is 1. The SMILES string of the molecule is COC(=O)C1(c2sc(CC(C)C)nc2C)COC1. The average molecular weight is 269 g/mol. The van der Waals surface area contributed by atoms with Crippen LogP contribution < -0.4 is 0 Å². The quantitative estimate of drug-likeness (QED) is 0.785.